The summed E-state index contributed by atoms with van der Waals surface area (Å²) in [7, 11) is 0. The number of Topliss-reactive ketones (excluding diaryl/α,β-unsaturated/α-hetero) is 1. The number of carbonyl (C=O) groups is 2. The highest BCUT2D eigenvalue weighted by Crippen LogP contribution is 2.30. The first-order valence-electron chi connectivity index (χ1n) is 7.99. The van der Waals surface area contributed by atoms with Gasteiger partial charge in [-0.2, -0.15) is 0 Å². The molecule has 0 radical (unpaired) electrons. The molecule has 23 heavy (non-hydrogen) atoms. The van der Waals surface area contributed by atoms with Crippen molar-refractivity contribution in [3.63, 3.8) is 0 Å². The van der Waals surface area contributed by atoms with Gasteiger partial charge in [0.1, 0.15) is 6.04 Å². The first-order chi connectivity index (χ1) is 10.8. The molecule has 1 aliphatic rings. The lowest BCUT2D eigenvalue weighted by Gasteiger charge is -2.26. The third-order valence-corrected chi connectivity index (χ3v) is 5.12. The van der Waals surface area contributed by atoms with Crippen LogP contribution in [0.4, 0.5) is 4.79 Å². The molecule has 1 saturated carbocycles. The Morgan fingerprint density at radius 2 is 2.09 bits per heavy atom. The lowest BCUT2D eigenvalue weighted by Crippen LogP contribution is -2.52. The van der Waals surface area contributed by atoms with Crippen molar-refractivity contribution in [3.05, 3.63) is 16.1 Å². The number of aliphatic hydroxyl groups is 1. The number of nitrogens with one attached hydrogen (secondary N) is 1. The lowest BCUT2D eigenvalue weighted by molar-refractivity contribution is -0.121. The summed E-state index contributed by atoms with van der Waals surface area (Å²) >= 11 is 1.61. The topological polar surface area (TPSA) is 82.5 Å². The highest BCUT2D eigenvalue weighted by molar-refractivity contribution is 7.11. The molecule has 2 atom stereocenters. The van der Waals surface area contributed by atoms with E-state index >= 15 is 0 Å². The predicted molar refractivity (Wildman–Crippen MR) is 89.4 cm³/mol. The smallest absolute Gasteiger partial charge is 0.318 e. The number of urea groups is 1. The second kappa shape index (κ2) is 7.40. The van der Waals surface area contributed by atoms with Crippen molar-refractivity contribution in [2.75, 3.05) is 0 Å². The van der Waals surface area contributed by atoms with E-state index in [-0.39, 0.29) is 17.9 Å². The molecule has 1 aliphatic carbocycles. The molecule has 0 spiro atoms. The Balaban J connectivity index is 2.05. The summed E-state index contributed by atoms with van der Waals surface area (Å²) < 4.78 is 0. The molecule has 0 bridgehead atoms. The number of ketones is 1. The summed E-state index contributed by atoms with van der Waals surface area (Å²) in [5, 5.41) is 13.4. The zero-order valence-corrected chi connectivity index (χ0v) is 14.9. The van der Waals surface area contributed by atoms with E-state index in [4.69, 9.17) is 0 Å². The minimum atomic E-state index is -0.909. The average Bonchev–Trinajstić information content (AvgIpc) is 3.19. The molecule has 6 nitrogen and oxygen atoms in total. The van der Waals surface area contributed by atoms with E-state index in [1.807, 2.05) is 6.20 Å². The molecule has 128 valence electrons. The fourth-order valence-corrected chi connectivity index (χ4v) is 3.28. The van der Waals surface area contributed by atoms with E-state index in [0.717, 1.165) is 22.7 Å². The molecule has 1 aromatic rings. The number of amides is 2. The fraction of sp³-hybridized carbons (Fsp3) is 0.688. The van der Waals surface area contributed by atoms with Crippen molar-refractivity contribution < 1.29 is 14.7 Å². The van der Waals surface area contributed by atoms with Gasteiger partial charge in [-0.05, 0) is 26.7 Å². The van der Waals surface area contributed by atoms with Gasteiger partial charge in [0.15, 0.2) is 5.78 Å². The predicted octanol–water partition coefficient (Wildman–Crippen LogP) is 2.28. The second-order valence-electron chi connectivity index (χ2n) is 6.46. The summed E-state index contributed by atoms with van der Waals surface area (Å²) in [6.45, 7) is 7.55. The van der Waals surface area contributed by atoms with Gasteiger partial charge >= 0.3 is 6.03 Å². The second-order valence-corrected chi connectivity index (χ2v) is 7.60. The number of rotatable bonds is 7. The van der Waals surface area contributed by atoms with E-state index in [9.17, 15) is 14.7 Å². The Kier molecular flexibility index (Phi) is 5.75. The first kappa shape index (κ1) is 17.9. The maximum Gasteiger partial charge on any atom is 0.318 e. The summed E-state index contributed by atoms with van der Waals surface area (Å²) in [6.07, 6.45) is 2.86. The standard InChI is InChI=1S/C16H25N3O3S/c1-9(2)15-17-7-13(23-15)8-19(12-5-6-12)16(22)18-14(10(3)20)11(4)21/h7,9-10,12,14,20H,5-6,8H2,1-4H3,(H,18,22). The Hall–Kier alpha value is -1.47. The van der Waals surface area contributed by atoms with Gasteiger partial charge in [0.05, 0.1) is 17.7 Å². The van der Waals surface area contributed by atoms with Crippen LogP contribution in [0.5, 0.6) is 0 Å². The maximum atomic E-state index is 12.5. The van der Waals surface area contributed by atoms with Crippen molar-refractivity contribution >= 4 is 23.2 Å². The van der Waals surface area contributed by atoms with Gasteiger partial charge in [-0.1, -0.05) is 13.8 Å². The van der Waals surface area contributed by atoms with E-state index in [2.05, 4.69) is 24.1 Å². The Labute approximate surface area is 140 Å². The van der Waals surface area contributed by atoms with Crippen molar-refractivity contribution in [2.24, 2.45) is 0 Å². The first-order valence-corrected chi connectivity index (χ1v) is 8.81. The van der Waals surface area contributed by atoms with Crippen LogP contribution < -0.4 is 5.32 Å². The Morgan fingerprint density at radius 3 is 2.52 bits per heavy atom. The molecule has 1 fully saturated rings. The Morgan fingerprint density at radius 1 is 1.43 bits per heavy atom. The summed E-state index contributed by atoms with van der Waals surface area (Å²) in [4.78, 5) is 31.3. The van der Waals surface area contributed by atoms with Crippen LogP contribution in [0.25, 0.3) is 0 Å². The monoisotopic (exact) mass is 339 g/mol. The molecule has 2 unspecified atom stereocenters. The molecule has 0 aliphatic heterocycles. The highest BCUT2D eigenvalue weighted by atomic mass is 32.1. The zero-order valence-electron chi connectivity index (χ0n) is 14.1. The van der Waals surface area contributed by atoms with Crippen LogP contribution in [0, 0.1) is 0 Å². The van der Waals surface area contributed by atoms with Crippen molar-refractivity contribution in [3.8, 4) is 0 Å². The maximum absolute atomic E-state index is 12.5. The van der Waals surface area contributed by atoms with Crippen molar-refractivity contribution in [1.29, 1.82) is 0 Å². The zero-order chi connectivity index (χ0) is 17.1. The van der Waals surface area contributed by atoms with Crippen LogP contribution in [-0.4, -0.2) is 45.0 Å². The minimum Gasteiger partial charge on any atom is -0.391 e. The molecule has 0 saturated heterocycles. The number of aromatic nitrogens is 1. The molecule has 0 aromatic carbocycles. The molecule has 1 heterocycles. The van der Waals surface area contributed by atoms with Crippen LogP contribution >= 0.6 is 11.3 Å². The molecule has 2 rings (SSSR count). The van der Waals surface area contributed by atoms with E-state index in [1.54, 1.807) is 16.2 Å². The molecular weight excluding hydrogens is 314 g/mol. The number of hydrogen-bond acceptors (Lipinski definition) is 5. The van der Waals surface area contributed by atoms with E-state index in [0.29, 0.717) is 12.5 Å². The fourth-order valence-electron chi connectivity index (χ4n) is 2.36. The molecular formula is C16H25N3O3S. The normalized spacial score (nSPS) is 17.0. The molecule has 1 aromatic heterocycles. The number of aliphatic hydroxyl groups excluding tert-OH is 1. The summed E-state index contributed by atoms with van der Waals surface area (Å²) in [6, 6.07) is -0.953. The average molecular weight is 339 g/mol. The van der Waals surface area contributed by atoms with E-state index in [1.165, 1.54) is 13.8 Å². The highest BCUT2D eigenvalue weighted by Gasteiger charge is 2.35. The quantitative estimate of drug-likeness (QED) is 0.798. The van der Waals surface area contributed by atoms with Crippen LogP contribution in [0.2, 0.25) is 0 Å². The van der Waals surface area contributed by atoms with Gasteiger partial charge in [-0.15, -0.1) is 11.3 Å². The van der Waals surface area contributed by atoms with E-state index < -0.39 is 12.1 Å². The van der Waals surface area contributed by atoms with Gasteiger partial charge < -0.3 is 15.3 Å². The molecule has 2 amide bonds. The molecule has 2 N–H and O–H groups in total. The lowest BCUT2D eigenvalue weighted by atomic mass is 10.1. The SMILES string of the molecule is CC(=O)C(NC(=O)N(Cc1cnc(C(C)C)s1)C1CC1)C(C)O. The number of nitrogens with zero attached hydrogens (tertiary/aromatic N) is 2. The summed E-state index contributed by atoms with van der Waals surface area (Å²) in [5.74, 6) is 0.123. The number of carbonyl (C=O) groups excluding carboxylic acids is 2. The third-order valence-electron chi connectivity index (χ3n) is 3.84. The minimum absolute atomic E-state index is 0.209. The van der Waals surface area contributed by atoms with Gasteiger partial charge in [-0.25, -0.2) is 9.78 Å². The third kappa shape index (κ3) is 4.75. The van der Waals surface area contributed by atoms with Gasteiger partial charge in [-0.3, -0.25) is 4.79 Å². The van der Waals surface area contributed by atoms with Crippen LogP contribution in [0.1, 0.15) is 56.3 Å². The largest absolute Gasteiger partial charge is 0.391 e. The molecule has 7 heteroatoms. The van der Waals surface area contributed by atoms with Gasteiger partial charge in [0.25, 0.3) is 0 Å². The van der Waals surface area contributed by atoms with Crippen LogP contribution in [-0.2, 0) is 11.3 Å². The van der Waals surface area contributed by atoms with Gasteiger partial charge in [0, 0.05) is 23.0 Å². The van der Waals surface area contributed by atoms with Crippen LogP contribution in [0.15, 0.2) is 6.20 Å². The Bertz CT molecular complexity index is 567. The number of thiazole rings is 1. The summed E-state index contributed by atoms with van der Waals surface area (Å²) in [5.41, 5.74) is 0. The van der Waals surface area contributed by atoms with Crippen molar-refractivity contribution in [1.82, 2.24) is 15.2 Å². The van der Waals surface area contributed by atoms with Crippen molar-refractivity contribution in [2.45, 2.75) is 71.2 Å². The van der Waals surface area contributed by atoms with Crippen LogP contribution in [0.3, 0.4) is 0 Å². The number of hydrogen-bond donors (Lipinski definition) is 2. The van der Waals surface area contributed by atoms with Gasteiger partial charge in [0.2, 0.25) is 0 Å².